The molecular weight excluding hydrogens is 510 g/mol. The average molecular weight is 547 g/mol. The summed E-state index contributed by atoms with van der Waals surface area (Å²) in [4.78, 5) is 0. The summed E-state index contributed by atoms with van der Waals surface area (Å²) < 4.78 is 54.8. The van der Waals surface area contributed by atoms with E-state index in [4.69, 9.17) is 29.4 Å². The van der Waals surface area contributed by atoms with Crippen LogP contribution in [-0.2, 0) is 22.7 Å². The average Bonchev–Trinajstić information content (AvgIpc) is 2.95. The highest BCUT2D eigenvalue weighted by atomic mass is 19.1. The van der Waals surface area contributed by atoms with Crippen molar-refractivity contribution in [3.8, 4) is 17.2 Å². The van der Waals surface area contributed by atoms with Crippen molar-refractivity contribution in [2.24, 2.45) is 5.73 Å². The van der Waals surface area contributed by atoms with Crippen LogP contribution in [0, 0.1) is 11.6 Å². The van der Waals surface area contributed by atoms with Crippen LogP contribution >= 0.6 is 0 Å². The molecule has 39 heavy (non-hydrogen) atoms. The maximum atomic E-state index is 13.2. The normalized spacial score (nSPS) is 11.8. The number of rotatable bonds is 19. The Kier molecular flexibility index (Phi) is 13.5. The molecule has 0 bridgehead atoms. The Labute approximate surface area is 227 Å². The molecule has 0 spiro atoms. The van der Waals surface area contributed by atoms with E-state index < -0.39 is 6.10 Å². The molecule has 1 atom stereocenters. The SMILES string of the molecule is NCCOCCOCCNC[C@@H](O)COc1ccc(OCc2ccc(F)cc2)c(OCc2ccc(F)cc2)c1. The van der Waals surface area contributed by atoms with E-state index in [2.05, 4.69) is 5.32 Å². The summed E-state index contributed by atoms with van der Waals surface area (Å²) in [5.41, 5.74) is 6.92. The van der Waals surface area contributed by atoms with Crippen LogP contribution in [0.1, 0.15) is 11.1 Å². The van der Waals surface area contributed by atoms with Gasteiger partial charge >= 0.3 is 0 Å². The number of nitrogens with two attached hydrogens (primary N) is 1. The highest BCUT2D eigenvalue weighted by Crippen LogP contribution is 2.33. The Morgan fingerprint density at radius 2 is 1.31 bits per heavy atom. The molecule has 3 rings (SSSR count). The van der Waals surface area contributed by atoms with Gasteiger partial charge in [-0.15, -0.1) is 0 Å². The van der Waals surface area contributed by atoms with Crippen LogP contribution < -0.4 is 25.3 Å². The van der Waals surface area contributed by atoms with E-state index in [-0.39, 0.29) is 31.5 Å². The van der Waals surface area contributed by atoms with Gasteiger partial charge in [-0.25, -0.2) is 8.78 Å². The van der Waals surface area contributed by atoms with Crippen molar-refractivity contribution in [2.45, 2.75) is 19.3 Å². The summed E-state index contributed by atoms with van der Waals surface area (Å²) in [5, 5.41) is 13.4. The van der Waals surface area contributed by atoms with Crippen LogP contribution in [0.25, 0.3) is 0 Å². The van der Waals surface area contributed by atoms with Gasteiger partial charge in [0.25, 0.3) is 0 Å². The summed E-state index contributed by atoms with van der Waals surface area (Å²) in [6.45, 7) is 3.86. The quantitative estimate of drug-likeness (QED) is 0.197. The topological polar surface area (TPSA) is 104 Å². The zero-order chi connectivity index (χ0) is 27.7. The monoisotopic (exact) mass is 546 g/mol. The standard InChI is InChI=1S/C29H36F2N2O6/c30-24-5-1-22(2-6-24)19-38-28-10-9-27(17-29(28)39-20-23-3-7-25(31)8-4-23)37-21-26(34)18-33-12-14-36-16-15-35-13-11-32/h1-10,17,26,33-34H,11-16,18-21,32H2/t26-/m1/s1. The van der Waals surface area contributed by atoms with E-state index in [1.165, 1.54) is 24.3 Å². The largest absolute Gasteiger partial charge is 0.491 e. The maximum absolute atomic E-state index is 13.2. The number of nitrogens with one attached hydrogen (secondary N) is 1. The minimum Gasteiger partial charge on any atom is -0.491 e. The van der Waals surface area contributed by atoms with E-state index in [9.17, 15) is 13.9 Å². The predicted octanol–water partition coefficient (Wildman–Crippen LogP) is 3.44. The molecule has 0 aliphatic rings. The first kappa shape index (κ1) is 30.3. The Balaban J connectivity index is 1.49. The van der Waals surface area contributed by atoms with E-state index in [1.807, 2.05) is 0 Å². The molecular formula is C29H36F2N2O6. The third-order valence-electron chi connectivity index (χ3n) is 5.41. The lowest BCUT2D eigenvalue weighted by Gasteiger charge is -2.17. The first-order chi connectivity index (χ1) is 19.0. The lowest BCUT2D eigenvalue weighted by molar-refractivity contribution is 0.0498. The summed E-state index contributed by atoms with van der Waals surface area (Å²) in [6.07, 6.45) is -0.740. The van der Waals surface area contributed by atoms with Crippen molar-refractivity contribution in [3.63, 3.8) is 0 Å². The molecule has 0 saturated carbocycles. The van der Waals surface area contributed by atoms with Crippen LogP contribution in [0.5, 0.6) is 17.2 Å². The summed E-state index contributed by atoms with van der Waals surface area (Å²) in [5.74, 6) is 0.714. The number of aliphatic hydroxyl groups excluding tert-OH is 1. The third kappa shape index (κ3) is 12.0. The Hall–Kier alpha value is -3.28. The van der Waals surface area contributed by atoms with E-state index in [0.717, 1.165) is 11.1 Å². The van der Waals surface area contributed by atoms with Crippen molar-refractivity contribution in [3.05, 3.63) is 89.5 Å². The predicted molar refractivity (Wildman–Crippen MR) is 143 cm³/mol. The molecule has 10 heteroatoms. The Bertz CT molecular complexity index is 1090. The minimum atomic E-state index is -0.740. The molecule has 4 N–H and O–H groups in total. The second-order valence-electron chi connectivity index (χ2n) is 8.62. The van der Waals surface area contributed by atoms with Gasteiger partial charge in [0.2, 0.25) is 0 Å². The second-order valence-corrected chi connectivity index (χ2v) is 8.62. The molecule has 0 amide bonds. The highest BCUT2D eigenvalue weighted by molar-refractivity contribution is 5.46. The zero-order valence-electron chi connectivity index (χ0n) is 21.8. The molecule has 0 fully saturated rings. The smallest absolute Gasteiger partial charge is 0.165 e. The van der Waals surface area contributed by atoms with Gasteiger partial charge in [-0.05, 0) is 47.5 Å². The molecule has 0 aliphatic heterocycles. The van der Waals surface area contributed by atoms with Crippen molar-refractivity contribution >= 4 is 0 Å². The van der Waals surface area contributed by atoms with Crippen molar-refractivity contribution in [1.29, 1.82) is 0 Å². The Morgan fingerprint density at radius 3 is 1.92 bits per heavy atom. The fraction of sp³-hybridized carbons (Fsp3) is 0.379. The van der Waals surface area contributed by atoms with Gasteiger partial charge in [0.1, 0.15) is 43.3 Å². The Morgan fingerprint density at radius 1 is 0.718 bits per heavy atom. The first-order valence-electron chi connectivity index (χ1n) is 12.8. The molecule has 212 valence electrons. The lowest BCUT2D eigenvalue weighted by atomic mass is 10.2. The fourth-order valence-corrected chi connectivity index (χ4v) is 3.36. The maximum Gasteiger partial charge on any atom is 0.165 e. The lowest BCUT2D eigenvalue weighted by Crippen LogP contribution is -2.33. The van der Waals surface area contributed by atoms with Gasteiger partial charge < -0.3 is 39.8 Å². The van der Waals surface area contributed by atoms with Crippen LogP contribution in [0.15, 0.2) is 66.7 Å². The van der Waals surface area contributed by atoms with Gasteiger partial charge in [-0.3, -0.25) is 0 Å². The second kappa shape index (κ2) is 17.3. The third-order valence-corrected chi connectivity index (χ3v) is 5.41. The number of hydrogen-bond donors (Lipinski definition) is 3. The summed E-state index contributed by atoms with van der Waals surface area (Å²) in [6, 6.07) is 17.1. The minimum absolute atomic E-state index is 0.0635. The van der Waals surface area contributed by atoms with Crippen LogP contribution in [0.4, 0.5) is 8.78 Å². The highest BCUT2D eigenvalue weighted by Gasteiger charge is 2.11. The van der Waals surface area contributed by atoms with Gasteiger partial charge in [-0.1, -0.05) is 24.3 Å². The van der Waals surface area contributed by atoms with Gasteiger partial charge in [0, 0.05) is 25.7 Å². The van der Waals surface area contributed by atoms with Gasteiger partial charge in [0.05, 0.1) is 26.4 Å². The number of ether oxygens (including phenoxy) is 5. The van der Waals surface area contributed by atoms with Crippen LogP contribution in [0.2, 0.25) is 0 Å². The van der Waals surface area contributed by atoms with Crippen molar-refractivity contribution in [2.75, 3.05) is 52.7 Å². The molecule has 3 aromatic carbocycles. The summed E-state index contributed by atoms with van der Waals surface area (Å²) >= 11 is 0. The van der Waals surface area contributed by atoms with Gasteiger partial charge in [0.15, 0.2) is 11.5 Å². The molecule has 0 unspecified atom stereocenters. The number of halogens is 2. The number of benzene rings is 3. The molecule has 0 radical (unpaired) electrons. The molecule has 0 aromatic heterocycles. The zero-order valence-corrected chi connectivity index (χ0v) is 21.8. The number of hydrogen-bond acceptors (Lipinski definition) is 8. The van der Waals surface area contributed by atoms with Crippen molar-refractivity contribution < 1.29 is 37.6 Å². The molecule has 0 heterocycles. The van der Waals surface area contributed by atoms with Crippen molar-refractivity contribution in [1.82, 2.24) is 5.32 Å². The van der Waals surface area contributed by atoms with E-state index >= 15 is 0 Å². The van der Waals surface area contributed by atoms with Crippen LogP contribution in [-0.4, -0.2) is 63.9 Å². The van der Waals surface area contributed by atoms with Crippen LogP contribution in [0.3, 0.4) is 0 Å². The molecule has 0 saturated heterocycles. The van der Waals surface area contributed by atoms with Gasteiger partial charge in [-0.2, -0.15) is 0 Å². The molecule has 0 aliphatic carbocycles. The molecule has 8 nitrogen and oxygen atoms in total. The van der Waals surface area contributed by atoms with E-state index in [0.29, 0.717) is 63.3 Å². The number of aliphatic hydroxyl groups is 1. The fourth-order valence-electron chi connectivity index (χ4n) is 3.36. The molecule has 3 aromatic rings. The van der Waals surface area contributed by atoms with E-state index in [1.54, 1.807) is 42.5 Å². The summed E-state index contributed by atoms with van der Waals surface area (Å²) in [7, 11) is 0. The first-order valence-corrected chi connectivity index (χ1v) is 12.8.